The largest absolute Gasteiger partial charge is 0.494 e. The van der Waals surface area contributed by atoms with Crippen LogP contribution in [0.4, 0.5) is 5.69 Å². The third kappa shape index (κ3) is 7.69. The number of nitrogens with zero attached hydrogens (tertiary/aromatic N) is 1. The lowest BCUT2D eigenvalue weighted by molar-refractivity contribution is -0.144. The zero-order chi connectivity index (χ0) is 30.2. The molecule has 4 rings (SSSR count). The molecule has 0 unspecified atom stereocenters. The number of allylic oxidation sites excluding steroid dienone is 4. The van der Waals surface area contributed by atoms with Crippen molar-refractivity contribution in [3.63, 3.8) is 0 Å². The maximum absolute atomic E-state index is 13.8. The van der Waals surface area contributed by atoms with E-state index < -0.39 is 15.4 Å². The Morgan fingerprint density at radius 2 is 2.00 bits per heavy atom. The van der Waals surface area contributed by atoms with Crippen LogP contribution in [-0.2, 0) is 39.2 Å². The first kappa shape index (κ1) is 31.9. The van der Waals surface area contributed by atoms with Crippen LogP contribution in [-0.4, -0.2) is 84.8 Å². The molecule has 42 heavy (non-hydrogen) atoms. The molecule has 0 bridgehead atoms. The number of methoxy groups -OCH3 is 1. The molecule has 1 aromatic rings. The van der Waals surface area contributed by atoms with Crippen molar-refractivity contribution in [1.29, 1.82) is 0 Å². The number of anilines is 1. The van der Waals surface area contributed by atoms with Crippen LogP contribution in [0.15, 0.2) is 52.5 Å². The quantitative estimate of drug-likeness (QED) is 0.338. The van der Waals surface area contributed by atoms with Crippen LogP contribution < -0.4 is 9.46 Å². The van der Waals surface area contributed by atoms with Gasteiger partial charge in [0.25, 0.3) is 10.0 Å². The molecule has 0 aromatic heterocycles. The summed E-state index contributed by atoms with van der Waals surface area (Å²) in [5.41, 5.74) is 1.63. The average molecular weight is 603 g/mol. The van der Waals surface area contributed by atoms with Gasteiger partial charge in [-0.2, -0.15) is 0 Å². The summed E-state index contributed by atoms with van der Waals surface area (Å²) >= 11 is 0. The first-order valence-electron chi connectivity index (χ1n) is 14.5. The van der Waals surface area contributed by atoms with Gasteiger partial charge < -0.3 is 28.6 Å². The number of benzene rings is 1. The summed E-state index contributed by atoms with van der Waals surface area (Å²) in [6.07, 6.45) is 9.00. The van der Waals surface area contributed by atoms with Gasteiger partial charge in [-0.25, -0.2) is 8.42 Å². The summed E-state index contributed by atoms with van der Waals surface area (Å²) in [4.78, 5) is 26.7. The number of carbonyl (C=O) groups is 2. The first-order valence-corrected chi connectivity index (χ1v) is 16.0. The average Bonchev–Trinajstić information content (AvgIpc) is 3.17. The Morgan fingerprint density at radius 1 is 1.21 bits per heavy atom. The number of morpholine rings is 1. The van der Waals surface area contributed by atoms with Crippen molar-refractivity contribution in [2.75, 3.05) is 58.0 Å². The van der Waals surface area contributed by atoms with Gasteiger partial charge in [0.05, 0.1) is 48.5 Å². The van der Waals surface area contributed by atoms with E-state index in [9.17, 15) is 18.0 Å². The minimum absolute atomic E-state index is 0.0340. The molecule has 1 amide bonds. The SMILES string of the molecule is CCOc1ccc(NS(=O)(=O)C2=CC=C(C)CC=C2COC)c(C2(C=O)CCC(OCCN3CCOCC3=O)CC2)c1. The van der Waals surface area contributed by atoms with E-state index in [0.717, 1.165) is 11.9 Å². The van der Waals surface area contributed by atoms with Crippen molar-refractivity contribution in [2.24, 2.45) is 0 Å². The first-order chi connectivity index (χ1) is 20.2. The van der Waals surface area contributed by atoms with Crippen LogP contribution in [0.3, 0.4) is 0 Å². The van der Waals surface area contributed by atoms with Crippen molar-refractivity contribution in [3.05, 3.63) is 58.0 Å². The van der Waals surface area contributed by atoms with Gasteiger partial charge in [-0.3, -0.25) is 9.52 Å². The van der Waals surface area contributed by atoms with Gasteiger partial charge >= 0.3 is 0 Å². The number of nitrogens with one attached hydrogen (secondary N) is 1. The Hall–Kier alpha value is -2.99. The molecule has 2 fully saturated rings. The smallest absolute Gasteiger partial charge is 0.262 e. The van der Waals surface area contributed by atoms with Crippen molar-refractivity contribution in [3.8, 4) is 5.75 Å². The Labute approximate surface area is 248 Å². The molecule has 3 aliphatic rings. The number of hydrogen-bond acceptors (Lipinski definition) is 8. The van der Waals surface area contributed by atoms with E-state index >= 15 is 0 Å². The van der Waals surface area contributed by atoms with Gasteiger partial charge in [0.1, 0.15) is 18.6 Å². The van der Waals surface area contributed by atoms with Crippen molar-refractivity contribution in [2.45, 2.75) is 57.5 Å². The molecule has 11 heteroatoms. The number of sulfonamides is 1. The molecule has 0 radical (unpaired) electrons. The molecule has 1 aromatic carbocycles. The predicted octanol–water partition coefficient (Wildman–Crippen LogP) is 3.89. The fourth-order valence-electron chi connectivity index (χ4n) is 5.65. The molecule has 1 heterocycles. The van der Waals surface area contributed by atoms with Gasteiger partial charge in [-0.15, -0.1) is 0 Å². The minimum Gasteiger partial charge on any atom is -0.494 e. The van der Waals surface area contributed by atoms with E-state index in [1.807, 2.05) is 19.9 Å². The van der Waals surface area contributed by atoms with E-state index in [-0.39, 0.29) is 30.1 Å². The van der Waals surface area contributed by atoms with Crippen LogP contribution in [0, 0.1) is 0 Å². The third-order valence-electron chi connectivity index (χ3n) is 8.03. The number of ether oxygens (including phenoxy) is 4. The molecule has 10 nitrogen and oxygen atoms in total. The van der Waals surface area contributed by atoms with E-state index in [4.69, 9.17) is 18.9 Å². The van der Waals surface area contributed by atoms with Crippen molar-refractivity contribution in [1.82, 2.24) is 4.90 Å². The summed E-state index contributed by atoms with van der Waals surface area (Å²) < 4.78 is 52.7. The molecule has 1 N–H and O–H groups in total. The Kier molecular flexibility index (Phi) is 11.0. The van der Waals surface area contributed by atoms with E-state index in [1.165, 1.54) is 7.11 Å². The molecular weight excluding hydrogens is 560 g/mol. The second-order valence-electron chi connectivity index (χ2n) is 10.9. The minimum atomic E-state index is -4.02. The highest BCUT2D eigenvalue weighted by molar-refractivity contribution is 7.96. The number of amides is 1. The summed E-state index contributed by atoms with van der Waals surface area (Å²) in [5, 5.41) is 0. The van der Waals surface area contributed by atoms with Crippen LogP contribution in [0.2, 0.25) is 0 Å². The monoisotopic (exact) mass is 602 g/mol. The van der Waals surface area contributed by atoms with Gasteiger partial charge in [0.15, 0.2) is 0 Å². The zero-order valence-corrected chi connectivity index (χ0v) is 25.5. The van der Waals surface area contributed by atoms with Gasteiger partial charge in [-0.05, 0) is 81.4 Å². The van der Waals surface area contributed by atoms with Crippen molar-refractivity contribution < 1.29 is 37.0 Å². The van der Waals surface area contributed by atoms with Crippen LogP contribution >= 0.6 is 0 Å². The number of rotatable bonds is 13. The van der Waals surface area contributed by atoms with Crippen molar-refractivity contribution >= 4 is 27.9 Å². The number of hydrogen-bond donors (Lipinski definition) is 1. The molecule has 1 saturated carbocycles. The molecule has 2 aliphatic carbocycles. The lowest BCUT2D eigenvalue weighted by atomic mass is 9.69. The summed E-state index contributed by atoms with van der Waals surface area (Å²) in [6, 6.07) is 5.16. The van der Waals surface area contributed by atoms with E-state index in [1.54, 1.807) is 35.3 Å². The normalized spacial score (nSPS) is 23.4. The number of aldehydes is 1. The fraction of sp³-hybridized carbons (Fsp3) is 0.548. The maximum Gasteiger partial charge on any atom is 0.262 e. The molecule has 0 spiro atoms. The van der Waals surface area contributed by atoms with E-state index in [2.05, 4.69) is 4.72 Å². The topological polar surface area (TPSA) is 120 Å². The highest BCUT2D eigenvalue weighted by atomic mass is 32.2. The fourth-order valence-corrected chi connectivity index (χ4v) is 6.96. The molecule has 230 valence electrons. The Balaban J connectivity index is 1.54. The highest BCUT2D eigenvalue weighted by Gasteiger charge is 2.40. The molecular formula is C31H42N2O8S. The van der Waals surface area contributed by atoms with Crippen LogP contribution in [0.1, 0.15) is 51.5 Å². The summed E-state index contributed by atoms with van der Waals surface area (Å²) in [6.45, 7) is 6.52. The van der Waals surface area contributed by atoms with Gasteiger partial charge in [-0.1, -0.05) is 17.7 Å². The second-order valence-corrected chi connectivity index (χ2v) is 12.6. The molecule has 1 saturated heterocycles. The molecule has 0 atom stereocenters. The zero-order valence-electron chi connectivity index (χ0n) is 24.7. The van der Waals surface area contributed by atoms with Gasteiger partial charge in [0, 0.05) is 20.2 Å². The second kappa shape index (κ2) is 14.5. The van der Waals surface area contributed by atoms with Crippen LogP contribution in [0.5, 0.6) is 5.75 Å². The van der Waals surface area contributed by atoms with E-state index in [0.29, 0.717) is 87.6 Å². The highest BCUT2D eigenvalue weighted by Crippen LogP contribution is 2.44. The Morgan fingerprint density at radius 3 is 2.69 bits per heavy atom. The summed E-state index contributed by atoms with van der Waals surface area (Å²) in [5.74, 6) is 0.533. The third-order valence-corrected chi connectivity index (χ3v) is 9.49. The lowest BCUT2D eigenvalue weighted by Crippen LogP contribution is -2.44. The standard InChI is InChI=1S/C31H42N2O8S/c1-4-40-26-8-9-28(32-42(36,37)29-10-6-23(2)5-7-24(29)20-38-3)27(19-26)31(22-34)13-11-25(12-14-31)41-18-16-33-15-17-39-21-30(33)35/h6-10,19,22,25,32H,4-5,11-18,20-21H2,1-3H3. The maximum atomic E-state index is 13.8. The van der Waals surface area contributed by atoms with Crippen LogP contribution in [0.25, 0.3) is 0 Å². The summed E-state index contributed by atoms with van der Waals surface area (Å²) in [7, 11) is -2.49. The predicted molar refractivity (Wildman–Crippen MR) is 160 cm³/mol. The lowest BCUT2D eigenvalue weighted by Gasteiger charge is -2.38. The Bertz CT molecular complexity index is 1330. The number of carbonyl (C=O) groups excluding carboxylic acids is 2. The van der Waals surface area contributed by atoms with Gasteiger partial charge in [0.2, 0.25) is 5.91 Å². The molecule has 1 aliphatic heterocycles.